The lowest BCUT2D eigenvalue weighted by Crippen LogP contribution is -2.49. The number of nitrogens with zero attached hydrogens (tertiary/aromatic N) is 5. The Morgan fingerprint density at radius 3 is 1.49 bits per heavy atom. The van der Waals surface area contributed by atoms with Crippen molar-refractivity contribution in [3.8, 4) is 34.5 Å². The predicted octanol–water partition coefficient (Wildman–Crippen LogP) is 7.29. The maximum absolute atomic E-state index is 13.4. The summed E-state index contributed by atoms with van der Waals surface area (Å²) in [5.41, 5.74) is 3.26. The fourth-order valence-electron chi connectivity index (χ4n) is 10.8. The van der Waals surface area contributed by atoms with Crippen molar-refractivity contribution in [2.24, 2.45) is 0 Å². The van der Waals surface area contributed by atoms with E-state index in [1.807, 2.05) is 49.9 Å². The van der Waals surface area contributed by atoms with Crippen LogP contribution in [-0.4, -0.2) is 154 Å². The van der Waals surface area contributed by atoms with Crippen LogP contribution < -0.4 is 44.9 Å². The van der Waals surface area contributed by atoms with Crippen molar-refractivity contribution in [3.63, 3.8) is 0 Å². The summed E-state index contributed by atoms with van der Waals surface area (Å²) < 4.78 is 52.6. The molecule has 10 rings (SSSR count). The summed E-state index contributed by atoms with van der Waals surface area (Å²) in [6.45, 7) is 14.7. The van der Waals surface area contributed by atoms with E-state index in [0.717, 1.165) is 82.0 Å². The Labute approximate surface area is 471 Å². The van der Waals surface area contributed by atoms with Crippen LogP contribution in [0.15, 0.2) is 94.5 Å². The number of hydrogen-bond acceptors (Lipinski definition) is 17. The smallest absolute Gasteiger partial charge is 0.410 e. The van der Waals surface area contributed by atoms with E-state index in [4.69, 9.17) is 42.6 Å². The highest BCUT2D eigenvalue weighted by Gasteiger charge is 2.32. The van der Waals surface area contributed by atoms with Gasteiger partial charge in [0, 0.05) is 99.5 Å². The Morgan fingerprint density at radius 1 is 0.568 bits per heavy atom. The van der Waals surface area contributed by atoms with E-state index in [9.17, 15) is 24.0 Å². The first-order valence-electron chi connectivity index (χ1n) is 27.7. The van der Waals surface area contributed by atoms with E-state index in [0.29, 0.717) is 115 Å². The van der Waals surface area contributed by atoms with Gasteiger partial charge in [0.2, 0.25) is 0 Å². The van der Waals surface area contributed by atoms with Gasteiger partial charge in [0.05, 0.1) is 50.6 Å². The molecule has 0 atom stereocenters. The van der Waals surface area contributed by atoms with E-state index in [-0.39, 0.29) is 23.3 Å². The first kappa shape index (κ1) is 57.9. The van der Waals surface area contributed by atoms with Crippen LogP contribution in [0.25, 0.3) is 21.8 Å². The van der Waals surface area contributed by atoms with Gasteiger partial charge >= 0.3 is 18.0 Å². The van der Waals surface area contributed by atoms with Gasteiger partial charge in [0.1, 0.15) is 43.5 Å². The normalized spacial score (nSPS) is 15.8. The topological polar surface area (TPSA) is 200 Å². The Bertz CT molecular complexity index is 3340. The Hall–Kier alpha value is -7.81. The van der Waals surface area contributed by atoms with Crippen LogP contribution in [0.1, 0.15) is 78.3 Å². The average Bonchev–Trinajstić information content (AvgIpc) is 3.52. The maximum Gasteiger partial charge on any atom is 0.410 e. The number of carbonyl (C=O) groups excluding carboxylic acids is 3. The second kappa shape index (κ2) is 26.2. The molecular formula is C61H74N6O14. The van der Waals surface area contributed by atoms with Gasteiger partial charge in [-0.3, -0.25) is 9.59 Å². The van der Waals surface area contributed by atoms with Crippen molar-refractivity contribution >= 4 is 39.8 Å². The number of esters is 2. The Morgan fingerprint density at radius 2 is 1.02 bits per heavy atom. The number of methoxy groups -OCH3 is 4. The molecule has 0 unspecified atom stereocenters. The fourth-order valence-corrected chi connectivity index (χ4v) is 10.8. The van der Waals surface area contributed by atoms with E-state index in [1.165, 1.54) is 39.0 Å². The summed E-state index contributed by atoms with van der Waals surface area (Å²) in [6.07, 6.45) is 3.25. The summed E-state index contributed by atoms with van der Waals surface area (Å²) >= 11 is 0. The van der Waals surface area contributed by atoms with E-state index in [2.05, 4.69) is 27.2 Å². The van der Waals surface area contributed by atoms with Crippen LogP contribution in [0.2, 0.25) is 0 Å². The molecule has 6 heterocycles. The number of ether oxygens (including phenoxy) is 9. The second-order valence-electron chi connectivity index (χ2n) is 21.5. The molecule has 2 aromatic heterocycles. The second-order valence-corrected chi connectivity index (χ2v) is 21.5. The first-order chi connectivity index (χ1) is 39.1. The quantitative estimate of drug-likeness (QED) is 0.0747. The van der Waals surface area contributed by atoms with E-state index < -0.39 is 17.5 Å². The number of carbonyl (C=O) groups is 3. The molecule has 0 saturated carbocycles. The van der Waals surface area contributed by atoms with E-state index in [1.54, 1.807) is 52.6 Å². The molecular weight excluding hydrogens is 1040 g/mol. The average molecular weight is 1120 g/mol. The number of nitrogens with one attached hydrogen (secondary N) is 1. The van der Waals surface area contributed by atoms with Crippen molar-refractivity contribution in [1.82, 2.24) is 29.2 Å². The maximum atomic E-state index is 13.4. The molecule has 0 bridgehead atoms. The monoisotopic (exact) mass is 1110 g/mol. The van der Waals surface area contributed by atoms with Crippen LogP contribution in [0, 0.1) is 0 Å². The number of amides is 1. The van der Waals surface area contributed by atoms with Crippen LogP contribution in [-0.2, 0) is 40.4 Å². The molecule has 4 aromatic carbocycles. The standard InChI is InChI=1S/C33H41N3O8.C28H33N3O6/c1-33(2,3)44-32(39)36(21-22-6-8-28-29(18-22)43-17-16-42-28)23-10-12-34(13-11-23)14-15-35-27-20-24(40-4)19-26(31(38)41-5)25(27)7-9-30(35)37;1-34-21-16-23(28(33)35-2)22-4-6-27(32)31(24(22)17-21)12-11-30-9-7-20(8-10-30)29-18-19-3-5-25-26(15-19)37-14-13-36-25/h6-9,18-20,23H,10-17,21H2,1-5H3;3-6,15-17,20,29H,7-14,18H2,1-2H3. The lowest BCUT2D eigenvalue weighted by atomic mass is 10.0. The van der Waals surface area contributed by atoms with Crippen LogP contribution in [0.4, 0.5) is 4.79 Å². The van der Waals surface area contributed by atoms with Gasteiger partial charge in [-0.1, -0.05) is 12.1 Å². The molecule has 1 N–H and O–H groups in total. The number of benzene rings is 4. The van der Waals surface area contributed by atoms with Crippen LogP contribution in [0.5, 0.6) is 34.5 Å². The van der Waals surface area contributed by atoms with Gasteiger partial charge in [-0.05, 0) is 119 Å². The highest BCUT2D eigenvalue weighted by molar-refractivity contribution is 6.05. The zero-order valence-electron chi connectivity index (χ0n) is 47.4. The molecule has 4 aliphatic rings. The molecule has 2 fully saturated rings. The minimum Gasteiger partial charge on any atom is -0.497 e. The van der Waals surface area contributed by atoms with Gasteiger partial charge in [-0.2, -0.15) is 0 Å². The molecule has 2 saturated heterocycles. The zero-order valence-corrected chi connectivity index (χ0v) is 47.4. The summed E-state index contributed by atoms with van der Waals surface area (Å²) in [5.74, 6) is 3.06. The highest BCUT2D eigenvalue weighted by atomic mass is 16.6. The van der Waals surface area contributed by atoms with E-state index >= 15 is 0 Å². The van der Waals surface area contributed by atoms with Crippen LogP contribution >= 0.6 is 0 Å². The van der Waals surface area contributed by atoms with Gasteiger partial charge < -0.3 is 71.8 Å². The molecule has 1 amide bonds. The fraction of sp³-hybridized carbons (Fsp3) is 0.459. The number of pyridine rings is 2. The third-order valence-corrected chi connectivity index (χ3v) is 15.1. The third kappa shape index (κ3) is 14.2. The van der Waals surface area contributed by atoms with Crippen molar-refractivity contribution in [1.29, 1.82) is 0 Å². The molecule has 0 radical (unpaired) electrons. The van der Waals surface area contributed by atoms with Crippen molar-refractivity contribution in [2.45, 2.75) is 90.3 Å². The number of hydrogen-bond donors (Lipinski definition) is 1. The van der Waals surface area contributed by atoms with Crippen molar-refractivity contribution in [2.75, 3.05) is 94.1 Å². The number of piperidine rings is 2. The molecule has 0 spiro atoms. The predicted molar refractivity (Wildman–Crippen MR) is 305 cm³/mol. The molecule has 6 aromatic rings. The number of rotatable bonds is 16. The largest absolute Gasteiger partial charge is 0.497 e. The first-order valence-corrected chi connectivity index (χ1v) is 27.7. The molecule has 81 heavy (non-hydrogen) atoms. The van der Waals surface area contributed by atoms with Gasteiger partial charge in [-0.15, -0.1) is 0 Å². The molecule has 20 heteroatoms. The number of aromatic nitrogens is 2. The van der Waals surface area contributed by atoms with Gasteiger partial charge in [0.25, 0.3) is 11.1 Å². The lowest BCUT2D eigenvalue weighted by molar-refractivity contribution is 0.00559. The van der Waals surface area contributed by atoms with Crippen molar-refractivity contribution < 1.29 is 57.0 Å². The zero-order chi connectivity index (χ0) is 57.2. The SMILES string of the molecule is COC(=O)c1cc(OC)cc2c1ccc(=O)n2CCN1CCC(N(Cc2ccc3c(c2)OCCO3)C(=O)OC(C)(C)C)CC1.COC(=O)c1cc(OC)cc2c1ccc(=O)n2CCN1CCC(NCc2ccc3c(c2)OCCO3)CC1. The summed E-state index contributed by atoms with van der Waals surface area (Å²) in [5, 5.41) is 4.97. The Kier molecular flexibility index (Phi) is 18.7. The molecule has 4 aliphatic heterocycles. The Balaban J connectivity index is 0.000000198. The van der Waals surface area contributed by atoms with Gasteiger partial charge in [0.15, 0.2) is 23.0 Å². The molecule has 0 aliphatic carbocycles. The van der Waals surface area contributed by atoms with Crippen LogP contribution in [0.3, 0.4) is 0 Å². The summed E-state index contributed by atoms with van der Waals surface area (Å²) in [6, 6.07) is 25.5. The minimum atomic E-state index is -0.620. The summed E-state index contributed by atoms with van der Waals surface area (Å²) in [7, 11) is 5.73. The third-order valence-electron chi connectivity index (χ3n) is 15.1. The number of fused-ring (bicyclic) bond motifs is 4. The molecule has 432 valence electrons. The lowest BCUT2D eigenvalue weighted by Gasteiger charge is -2.39. The number of likely N-dealkylation sites (tertiary alicyclic amines) is 2. The van der Waals surface area contributed by atoms with Gasteiger partial charge in [-0.25, -0.2) is 14.4 Å². The highest BCUT2D eigenvalue weighted by Crippen LogP contribution is 2.34. The van der Waals surface area contributed by atoms with Crippen molar-refractivity contribution in [3.05, 3.63) is 128 Å². The molecule has 20 nitrogen and oxygen atoms in total. The summed E-state index contributed by atoms with van der Waals surface area (Å²) in [4.78, 5) is 70.5. The minimum absolute atomic E-state index is 0.0125.